The molecule has 0 saturated carbocycles. The average molecular weight is 352 g/mol. The van der Waals surface area contributed by atoms with Crippen LogP contribution in [0, 0.1) is 6.92 Å². The monoisotopic (exact) mass is 352 g/mol. The molecule has 6 nitrogen and oxygen atoms in total. The van der Waals surface area contributed by atoms with E-state index in [9.17, 15) is 0 Å². The number of rotatable bonds is 4. The molecule has 0 aliphatic heterocycles. The van der Waals surface area contributed by atoms with Crippen molar-refractivity contribution in [1.82, 2.24) is 19.8 Å². The Hall–Kier alpha value is -2.93. The normalized spacial score (nSPS) is 11.0. The predicted octanol–water partition coefficient (Wildman–Crippen LogP) is 3.85. The summed E-state index contributed by atoms with van der Waals surface area (Å²) in [5, 5.41) is 14.1. The van der Waals surface area contributed by atoms with Crippen molar-refractivity contribution in [1.29, 1.82) is 0 Å². The van der Waals surface area contributed by atoms with Gasteiger partial charge < -0.3 is 9.47 Å². The van der Waals surface area contributed by atoms with Crippen molar-refractivity contribution in [2.75, 3.05) is 14.2 Å². The van der Waals surface area contributed by atoms with Crippen LogP contribution in [0.2, 0.25) is 0 Å². The molecule has 0 fully saturated rings. The molecule has 0 amide bonds. The van der Waals surface area contributed by atoms with Crippen LogP contribution in [0.5, 0.6) is 11.5 Å². The molecule has 0 N–H and O–H groups in total. The number of methoxy groups -OCH3 is 2. The van der Waals surface area contributed by atoms with E-state index in [0.717, 1.165) is 32.5 Å². The number of benzene rings is 2. The molecule has 0 aliphatic rings. The van der Waals surface area contributed by atoms with Crippen molar-refractivity contribution in [2.45, 2.75) is 6.92 Å². The van der Waals surface area contributed by atoms with Crippen LogP contribution in [0.25, 0.3) is 26.9 Å². The summed E-state index contributed by atoms with van der Waals surface area (Å²) < 4.78 is 12.8. The topological polar surface area (TPSA) is 61.5 Å². The highest BCUT2D eigenvalue weighted by Crippen LogP contribution is 2.40. The Kier molecular flexibility index (Phi) is 3.85. The maximum atomic E-state index is 5.49. The predicted molar refractivity (Wildman–Crippen MR) is 97.4 cm³/mol. The van der Waals surface area contributed by atoms with E-state index in [2.05, 4.69) is 10.2 Å². The quantitative estimate of drug-likeness (QED) is 0.558. The summed E-state index contributed by atoms with van der Waals surface area (Å²) in [5.41, 5.74) is 2.96. The maximum absolute atomic E-state index is 5.49. The lowest BCUT2D eigenvalue weighted by molar-refractivity contribution is 0.397. The molecule has 0 spiro atoms. The molecule has 25 heavy (non-hydrogen) atoms. The highest BCUT2D eigenvalue weighted by atomic mass is 32.1. The second-order valence-electron chi connectivity index (χ2n) is 5.48. The SMILES string of the molecule is COc1cccc(OC)c1-c1nn2c(-c3ccccc3C)nnc2s1. The number of ether oxygens (including phenoxy) is 2. The molecular formula is C18H16N4O2S. The summed E-state index contributed by atoms with van der Waals surface area (Å²) in [6, 6.07) is 13.7. The third-order valence-corrected chi connectivity index (χ3v) is 4.93. The van der Waals surface area contributed by atoms with E-state index in [1.807, 2.05) is 49.4 Å². The van der Waals surface area contributed by atoms with Crippen molar-refractivity contribution in [3.8, 4) is 33.5 Å². The van der Waals surface area contributed by atoms with Gasteiger partial charge in [-0.15, -0.1) is 10.2 Å². The minimum absolute atomic E-state index is 0.710. The zero-order valence-corrected chi connectivity index (χ0v) is 14.9. The first-order valence-corrected chi connectivity index (χ1v) is 8.54. The highest BCUT2D eigenvalue weighted by molar-refractivity contribution is 7.19. The Morgan fingerprint density at radius 3 is 2.32 bits per heavy atom. The second-order valence-corrected chi connectivity index (χ2v) is 6.43. The lowest BCUT2D eigenvalue weighted by Crippen LogP contribution is -1.95. The molecule has 0 radical (unpaired) electrons. The van der Waals surface area contributed by atoms with Crippen molar-refractivity contribution in [2.24, 2.45) is 0 Å². The Balaban J connectivity index is 1.92. The van der Waals surface area contributed by atoms with Crippen LogP contribution in [0.3, 0.4) is 0 Å². The van der Waals surface area contributed by atoms with E-state index in [4.69, 9.17) is 14.6 Å². The van der Waals surface area contributed by atoms with E-state index in [1.165, 1.54) is 11.3 Å². The smallest absolute Gasteiger partial charge is 0.235 e. The van der Waals surface area contributed by atoms with Gasteiger partial charge in [-0.2, -0.15) is 9.61 Å². The molecule has 4 aromatic rings. The van der Waals surface area contributed by atoms with Gasteiger partial charge in [0.2, 0.25) is 4.96 Å². The van der Waals surface area contributed by atoms with E-state index in [-0.39, 0.29) is 0 Å². The molecule has 2 aromatic heterocycles. The minimum atomic E-state index is 0.710. The molecule has 2 heterocycles. The van der Waals surface area contributed by atoms with Crippen molar-refractivity contribution in [3.63, 3.8) is 0 Å². The first-order chi connectivity index (χ1) is 12.2. The van der Waals surface area contributed by atoms with Gasteiger partial charge in [0, 0.05) is 5.56 Å². The van der Waals surface area contributed by atoms with Gasteiger partial charge in [0.15, 0.2) is 10.8 Å². The first kappa shape index (κ1) is 15.6. The standard InChI is InChI=1S/C18H16N4O2S/c1-11-7-4-5-8-12(11)16-19-20-18-22(16)21-17(25-18)15-13(23-2)9-6-10-14(15)24-3/h4-10H,1-3H3. The van der Waals surface area contributed by atoms with Gasteiger partial charge in [-0.05, 0) is 24.6 Å². The third-order valence-electron chi connectivity index (χ3n) is 4.02. The van der Waals surface area contributed by atoms with Crippen LogP contribution >= 0.6 is 11.3 Å². The van der Waals surface area contributed by atoms with Crippen LogP contribution in [0.15, 0.2) is 42.5 Å². The summed E-state index contributed by atoms with van der Waals surface area (Å²) in [5.74, 6) is 2.15. The number of hydrogen-bond acceptors (Lipinski definition) is 6. The Bertz CT molecular complexity index is 1030. The maximum Gasteiger partial charge on any atom is 0.235 e. The summed E-state index contributed by atoms with van der Waals surface area (Å²) in [6.07, 6.45) is 0. The summed E-state index contributed by atoms with van der Waals surface area (Å²) in [7, 11) is 3.27. The lowest BCUT2D eigenvalue weighted by atomic mass is 10.1. The molecule has 0 unspecified atom stereocenters. The van der Waals surface area contributed by atoms with Gasteiger partial charge >= 0.3 is 0 Å². The largest absolute Gasteiger partial charge is 0.496 e. The van der Waals surface area contributed by atoms with E-state index < -0.39 is 0 Å². The second kappa shape index (κ2) is 6.18. The summed E-state index contributed by atoms with van der Waals surface area (Å²) in [4.78, 5) is 0.723. The van der Waals surface area contributed by atoms with Crippen molar-refractivity contribution < 1.29 is 9.47 Å². The Morgan fingerprint density at radius 1 is 0.920 bits per heavy atom. The molecule has 0 saturated heterocycles. The van der Waals surface area contributed by atoms with E-state index in [1.54, 1.807) is 18.7 Å². The average Bonchev–Trinajstić information content (AvgIpc) is 3.22. The molecule has 2 aromatic carbocycles. The van der Waals surface area contributed by atoms with Gasteiger partial charge in [-0.3, -0.25) is 0 Å². The Labute approximate surface area is 148 Å². The van der Waals surface area contributed by atoms with Crippen LogP contribution in [0.1, 0.15) is 5.56 Å². The van der Waals surface area contributed by atoms with E-state index in [0.29, 0.717) is 11.5 Å². The third kappa shape index (κ3) is 2.53. The minimum Gasteiger partial charge on any atom is -0.496 e. The molecule has 7 heteroatoms. The first-order valence-electron chi connectivity index (χ1n) is 7.72. The molecule has 0 atom stereocenters. The van der Waals surface area contributed by atoms with Gasteiger partial charge in [0.25, 0.3) is 0 Å². The number of aryl methyl sites for hydroxylation is 1. The molecular weight excluding hydrogens is 336 g/mol. The number of nitrogens with zero attached hydrogens (tertiary/aromatic N) is 4. The fraction of sp³-hybridized carbons (Fsp3) is 0.167. The number of aromatic nitrogens is 4. The fourth-order valence-electron chi connectivity index (χ4n) is 2.77. The van der Waals surface area contributed by atoms with E-state index >= 15 is 0 Å². The number of hydrogen-bond donors (Lipinski definition) is 0. The van der Waals surface area contributed by atoms with Gasteiger partial charge in [0.1, 0.15) is 11.5 Å². The number of fused-ring (bicyclic) bond motifs is 1. The summed E-state index contributed by atoms with van der Waals surface area (Å²) >= 11 is 1.45. The van der Waals surface area contributed by atoms with Crippen molar-refractivity contribution >= 4 is 16.3 Å². The lowest BCUT2D eigenvalue weighted by Gasteiger charge is -2.10. The Morgan fingerprint density at radius 2 is 1.64 bits per heavy atom. The van der Waals surface area contributed by atoms with Crippen LogP contribution in [-0.4, -0.2) is 34.0 Å². The van der Waals surface area contributed by atoms with Crippen molar-refractivity contribution in [3.05, 3.63) is 48.0 Å². The molecule has 126 valence electrons. The zero-order valence-electron chi connectivity index (χ0n) is 14.1. The van der Waals surface area contributed by atoms with Crippen LogP contribution in [0.4, 0.5) is 0 Å². The molecule has 4 rings (SSSR count). The van der Waals surface area contributed by atoms with Gasteiger partial charge in [-0.1, -0.05) is 41.7 Å². The molecule has 0 bridgehead atoms. The highest BCUT2D eigenvalue weighted by Gasteiger charge is 2.20. The summed E-state index contributed by atoms with van der Waals surface area (Å²) in [6.45, 7) is 2.05. The van der Waals surface area contributed by atoms with Crippen LogP contribution < -0.4 is 9.47 Å². The zero-order chi connectivity index (χ0) is 17.4. The fourth-order valence-corrected chi connectivity index (χ4v) is 3.67. The van der Waals surface area contributed by atoms with Gasteiger partial charge in [-0.25, -0.2) is 0 Å². The van der Waals surface area contributed by atoms with Gasteiger partial charge in [0.05, 0.1) is 19.8 Å². The molecule has 0 aliphatic carbocycles. The van der Waals surface area contributed by atoms with Crippen LogP contribution in [-0.2, 0) is 0 Å².